The third-order valence-corrected chi connectivity index (χ3v) is 5.47. The maximum absolute atomic E-state index is 12.2. The summed E-state index contributed by atoms with van der Waals surface area (Å²) < 4.78 is 29.9. The zero-order chi connectivity index (χ0) is 14.6. The predicted molar refractivity (Wildman–Crippen MR) is 79.7 cm³/mol. The predicted octanol–water partition coefficient (Wildman–Crippen LogP) is 1.93. The van der Waals surface area contributed by atoms with E-state index in [0.29, 0.717) is 11.4 Å². The molecule has 4 nitrogen and oxygen atoms in total. The van der Waals surface area contributed by atoms with E-state index >= 15 is 0 Å². The van der Waals surface area contributed by atoms with Crippen LogP contribution in [0.4, 0.5) is 0 Å². The van der Waals surface area contributed by atoms with Gasteiger partial charge >= 0.3 is 0 Å². The number of hydrogen-bond donors (Lipinski definition) is 1. The van der Waals surface area contributed by atoms with Crippen LogP contribution in [-0.2, 0) is 14.6 Å². The Balaban J connectivity index is 1.84. The molecule has 1 aromatic rings. The molecule has 0 bridgehead atoms. The van der Waals surface area contributed by atoms with E-state index < -0.39 is 9.84 Å². The molecule has 112 valence electrons. The summed E-state index contributed by atoms with van der Waals surface area (Å²) in [6.07, 6.45) is 2.37. The highest BCUT2D eigenvalue weighted by Gasteiger charge is 2.22. The van der Waals surface area contributed by atoms with Crippen LogP contribution in [0.3, 0.4) is 0 Å². The first-order chi connectivity index (χ1) is 9.49. The molecule has 1 saturated heterocycles. The Kier molecular flexibility index (Phi) is 5.18. The van der Waals surface area contributed by atoms with E-state index in [1.807, 2.05) is 19.1 Å². The highest BCUT2D eigenvalue weighted by molar-refractivity contribution is 7.91. The van der Waals surface area contributed by atoms with E-state index in [4.69, 9.17) is 4.74 Å². The Hall–Kier alpha value is -0.910. The molecule has 1 aromatic carbocycles. The molecule has 2 atom stereocenters. The van der Waals surface area contributed by atoms with Gasteiger partial charge in [-0.05, 0) is 38.8 Å². The van der Waals surface area contributed by atoms with Crippen LogP contribution in [0.5, 0.6) is 0 Å². The molecular formula is C15H23NO3S. The molecule has 1 fully saturated rings. The highest BCUT2D eigenvalue weighted by Crippen LogP contribution is 2.15. The molecular weight excluding hydrogens is 274 g/mol. The van der Waals surface area contributed by atoms with Crippen LogP contribution in [-0.4, -0.2) is 39.5 Å². The zero-order valence-electron chi connectivity index (χ0n) is 12.1. The maximum atomic E-state index is 12.2. The smallest absolute Gasteiger partial charge is 0.179 e. The molecule has 5 heteroatoms. The van der Waals surface area contributed by atoms with Gasteiger partial charge in [0.15, 0.2) is 9.84 Å². The van der Waals surface area contributed by atoms with Gasteiger partial charge in [0.25, 0.3) is 0 Å². The molecule has 0 amide bonds. The average Bonchev–Trinajstić information content (AvgIpc) is 2.93. The summed E-state index contributed by atoms with van der Waals surface area (Å²) in [6.45, 7) is 5.27. The van der Waals surface area contributed by atoms with Gasteiger partial charge in [0.2, 0.25) is 0 Å². The highest BCUT2D eigenvalue weighted by atomic mass is 32.2. The van der Waals surface area contributed by atoms with Crippen molar-refractivity contribution in [1.29, 1.82) is 0 Å². The fourth-order valence-corrected chi connectivity index (χ4v) is 3.59. The fourth-order valence-electron chi connectivity index (χ4n) is 2.41. The number of sulfone groups is 1. The largest absolute Gasteiger partial charge is 0.377 e. The van der Waals surface area contributed by atoms with Gasteiger partial charge in [-0.3, -0.25) is 0 Å². The summed E-state index contributed by atoms with van der Waals surface area (Å²) in [5, 5.41) is 3.26. The lowest BCUT2D eigenvalue weighted by Crippen LogP contribution is -2.39. The summed E-state index contributed by atoms with van der Waals surface area (Å²) in [4.78, 5) is 0.398. The van der Waals surface area contributed by atoms with E-state index in [-0.39, 0.29) is 17.9 Å². The van der Waals surface area contributed by atoms with Crippen LogP contribution in [0.1, 0.15) is 25.3 Å². The monoisotopic (exact) mass is 297 g/mol. The van der Waals surface area contributed by atoms with Gasteiger partial charge in [0.1, 0.15) is 0 Å². The van der Waals surface area contributed by atoms with E-state index in [0.717, 1.165) is 25.0 Å². The SMILES string of the molecule is Cc1ccc(S(=O)(=O)CCNC(C)C2CCCO2)cc1. The van der Waals surface area contributed by atoms with Crippen LogP contribution in [0.15, 0.2) is 29.2 Å². The lowest BCUT2D eigenvalue weighted by atomic mass is 10.1. The van der Waals surface area contributed by atoms with Gasteiger partial charge < -0.3 is 10.1 Å². The topological polar surface area (TPSA) is 55.4 Å². The van der Waals surface area contributed by atoms with Gasteiger partial charge in [-0.1, -0.05) is 17.7 Å². The minimum Gasteiger partial charge on any atom is -0.377 e. The Morgan fingerprint density at radius 3 is 2.65 bits per heavy atom. The minimum atomic E-state index is -3.20. The van der Waals surface area contributed by atoms with Crippen LogP contribution >= 0.6 is 0 Å². The van der Waals surface area contributed by atoms with E-state index in [2.05, 4.69) is 12.2 Å². The van der Waals surface area contributed by atoms with Crippen molar-refractivity contribution in [2.75, 3.05) is 18.9 Å². The number of aryl methyl sites for hydroxylation is 1. The summed E-state index contributed by atoms with van der Waals surface area (Å²) in [7, 11) is -3.20. The van der Waals surface area contributed by atoms with E-state index in [1.54, 1.807) is 12.1 Å². The molecule has 20 heavy (non-hydrogen) atoms. The standard InChI is InChI=1S/C15H23NO3S/c1-12-5-7-14(8-6-12)20(17,18)11-9-16-13(2)15-4-3-10-19-15/h5-8,13,15-16H,3-4,9-11H2,1-2H3. The third-order valence-electron chi connectivity index (χ3n) is 3.74. The summed E-state index contributed by atoms with van der Waals surface area (Å²) in [5.41, 5.74) is 1.06. The summed E-state index contributed by atoms with van der Waals surface area (Å²) in [5.74, 6) is 0.118. The number of rotatable bonds is 6. The molecule has 0 saturated carbocycles. The van der Waals surface area contributed by atoms with Crippen LogP contribution in [0.2, 0.25) is 0 Å². The van der Waals surface area contributed by atoms with Gasteiger partial charge in [0.05, 0.1) is 16.8 Å². The van der Waals surface area contributed by atoms with Crippen LogP contribution in [0, 0.1) is 6.92 Å². The lowest BCUT2D eigenvalue weighted by molar-refractivity contribution is 0.0844. The maximum Gasteiger partial charge on any atom is 0.179 e. The number of benzene rings is 1. The molecule has 2 rings (SSSR count). The van der Waals surface area contributed by atoms with Crippen molar-refractivity contribution in [3.8, 4) is 0 Å². The van der Waals surface area contributed by atoms with Gasteiger partial charge in [-0.15, -0.1) is 0 Å². The fraction of sp³-hybridized carbons (Fsp3) is 0.600. The van der Waals surface area contributed by atoms with E-state index in [9.17, 15) is 8.42 Å². The van der Waals surface area contributed by atoms with E-state index in [1.165, 1.54) is 0 Å². The first kappa shape index (κ1) is 15.5. The zero-order valence-corrected chi connectivity index (χ0v) is 12.9. The van der Waals surface area contributed by atoms with Crippen LogP contribution in [0.25, 0.3) is 0 Å². The molecule has 0 radical (unpaired) electrons. The number of ether oxygens (including phenoxy) is 1. The molecule has 0 aliphatic carbocycles. The third kappa shape index (κ3) is 4.04. The molecule has 0 spiro atoms. The molecule has 1 aliphatic heterocycles. The van der Waals surface area contributed by atoms with Gasteiger partial charge in [0, 0.05) is 19.2 Å². The summed E-state index contributed by atoms with van der Waals surface area (Å²) >= 11 is 0. The van der Waals surface area contributed by atoms with Crippen molar-refractivity contribution in [1.82, 2.24) is 5.32 Å². The number of hydrogen-bond acceptors (Lipinski definition) is 4. The second kappa shape index (κ2) is 6.70. The Morgan fingerprint density at radius 2 is 2.05 bits per heavy atom. The molecule has 1 N–H and O–H groups in total. The van der Waals surface area contributed by atoms with Crippen molar-refractivity contribution in [2.24, 2.45) is 0 Å². The first-order valence-corrected chi connectivity index (χ1v) is 8.79. The second-order valence-corrected chi connectivity index (χ2v) is 7.54. The summed E-state index contributed by atoms with van der Waals surface area (Å²) in [6, 6.07) is 7.21. The molecule has 1 heterocycles. The molecule has 1 aliphatic rings. The van der Waals surface area contributed by atoms with Crippen molar-refractivity contribution >= 4 is 9.84 Å². The Bertz CT molecular complexity index is 519. The van der Waals surface area contributed by atoms with Crippen molar-refractivity contribution < 1.29 is 13.2 Å². The Labute approximate surface area is 121 Å². The normalized spacial score (nSPS) is 21.0. The number of nitrogens with one attached hydrogen (secondary N) is 1. The van der Waals surface area contributed by atoms with Gasteiger partial charge in [-0.25, -0.2) is 8.42 Å². The quantitative estimate of drug-likeness (QED) is 0.871. The second-order valence-electron chi connectivity index (χ2n) is 5.43. The lowest BCUT2D eigenvalue weighted by Gasteiger charge is -2.19. The van der Waals surface area contributed by atoms with Crippen molar-refractivity contribution in [3.63, 3.8) is 0 Å². The van der Waals surface area contributed by atoms with Crippen molar-refractivity contribution in [2.45, 2.75) is 43.7 Å². The van der Waals surface area contributed by atoms with Crippen molar-refractivity contribution in [3.05, 3.63) is 29.8 Å². The van der Waals surface area contributed by atoms with Gasteiger partial charge in [-0.2, -0.15) is 0 Å². The molecule has 0 aromatic heterocycles. The van der Waals surface area contributed by atoms with Crippen LogP contribution < -0.4 is 5.32 Å². The first-order valence-electron chi connectivity index (χ1n) is 7.13. The molecule has 2 unspecified atom stereocenters. The Morgan fingerprint density at radius 1 is 1.35 bits per heavy atom. The minimum absolute atomic E-state index is 0.118. The average molecular weight is 297 g/mol.